The van der Waals surface area contributed by atoms with Crippen molar-refractivity contribution in [2.45, 2.75) is 38.6 Å². The van der Waals surface area contributed by atoms with Crippen LogP contribution in [-0.4, -0.2) is 27.3 Å². The molecule has 34 heavy (non-hydrogen) atoms. The first-order valence-electron chi connectivity index (χ1n) is 10.3. The van der Waals surface area contributed by atoms with Gasteiger partial charge in [-0.2, -0.15) is 18.3 Å². The van der Waals surface area contributed by atoms with Crippen LogP contribution in [0.25, 0.3) is 17.0 Å². The zero-order valence-corrected chi connectivity index (χ0v) is 17.7. The van der Waals surface area contributed by atoms with Crippen LogP contribution in [0.1, 0.15) is 42.3 Å². The van der Waals surface area contributed by atoms with E-state index in [0.717, 1.165) is 19.8 Å². The molecule has 1 aliphatic heterocycles. The second-order valence-corrected chi connectivity index (χ2v) is 7.72. The first-order chi connectivity index (χ1) is 16.1. The maximum Gasteiger partial charge on any atom is 0.435 e. The van der Waals surface area contributed by atoms with Crippen molar-refractivity contribution in [2.75, 3.05) is 11.9 Å². The van der Waals surface area contributed by atoms with E-state index in [1.807, 2.05) is 0 Å². The highest BCUT2D eigenvalue weighted by atomic mass is 19.4. The van der Waals surface area contributed by atoms with Crippen LogP contribution in [0.3, 0.4) is 0 Å². The van der Waals surface area contributed by atoms with Crippen molar-refractivity contribution in [1.82, 2.24) is 14.8 Å². The van der Waals surface area contributed by atoms with Gasteiger partial charge in [0, 0.05) is 23.1 Å². The predicted octanol–water partition coefficient (Wildman–Crippen LogP) is 5.68. The number of rotatable bonds is 4. The van der Waals surface area contributed by atoms with Crippen LogP contribution in [-0.2, 0) is 15.7 Å². The topological polar surface area (TPSA) is 69.0 Å². The van der Waals surface area contributed by atoms with E-state index in [9.17, 15) is 26.7 Å². The molecule has 0 radical (unpaired) electrons. The number of anilines is 1. The van der Waals surface area contributed by atoms with Crippen molar-refractivity contribution in [3.05, 3.63) is 58.8 Å². The SMILES string of the molecule is Cc1c(F)cnc(C(F)(F)F)c1NC(=O)/C(F)=C/c1ccc2cnn(C3CCCCO3)c2c1F. The van der Waals surface area contributed by atoms with Gasteiger partial charge in [-0.05, 0) is 32.3 Å². The van der Waals surface area contributed by atoms with E-state index in [2.05, 4.69) is 10.1 Å². The molecule has 1 N–H and O–H groups in total. The monoisotopic (exact) mass is 484 g/mol. The first-order valence-corrected chi connectivity index (χ1v) is 10.3. The van der Waals surface area contributed by atoms with Crippen molar-refractivity contribution in [2.24, 2.45) is 0 Å². The summed E-state index contributed by atoms with van der Waals surface area (Å²) in [5.74, 6) is -5.21. The number of ether oxygens (including phenoxy) is 1. The minimum atomic E-state index is -5.03. The fourth-order valence-electron chi connectivity index (χ4n) is 3.68. The number of pyridine rings is 1. The van der Waals surface area contributed by atoms with Gasteiger partial charge in [0.25, 0.3) is 5.91 Å². The molecule has 0 aliphatic carbocycles. The summed E-state index contributed by atoms with van der Waals surface area (Å²) in [4.78, 5) is 15.2. The largest absolute Gasteiger partial charge is 0.435 e. The predicted molar refractivity (Wildman–Crippen MR) is 110 cm³/mol. The molecular formula is C22H18F6N4O2. The number of nitrogens with zero attached hydrogens (tertiary/aromatic N) is 3. The Kier molecular flexibility index (Phi) is 6.34. The van der Waals surface area contributed by atoms with E-state index < -0.39 is 52.7 Å². The Balaban J connectivity index is 1.67. The van der Waals surface area contributed by atoms with Crippen molar-refractivity contribution >= 4 is 28.6 Å². The molecule has 12 heteroatoms. The summed E-state index contributed by atoms with van der Waals surface area (Å²) in [6.07, 6.45) is -0.891. The molecule has 0 bridgehead atoms. The van der Waals surface area contributed by atoms with Crippen LogP contribution in [0, 0.1) is 18.6 Å². The van der Waals surface area contributed by atoms with E-state index >= 15 is 4.39 Å². The number of alkyl halides is 3. The molecule has 6 nitrogen and oxygen atoms in total. The summed E-state index contributed by atoms with van der Waals surface area (Å²) < 4.78 is 90.2. The molecule has 3 heterocycles. The maximum absolute atomic E-state index is 15.2. The number of amides is 1. The van der Waals surface area contributed by atoms with Crippen LogP contribution in [0.15, 0.2) is 30.4 Å². The number of fused-ring (bicyclic) bond motifs is 1. The Bertz CT molecular complexity index is 1280. The summed E-state index contributed by atoms with van der Waals surface area (Å²) >= 11 is 0. The van der Waals surface area contributed by atoms with Gasteiger partial charge >= 0.3 is 6.18 Å². The Morgan fingerprint density at radius 1 is 1.24 bits per heavy atom. The van der Waals surface area contributed by atoms with Gasteiger partial charge in [-0.3, -0.25) is 4.79 Å². The smallest absolute Gasteiger partial charge is 0.356 e. The van der Waals surface area contributed by atoms with Crippen LogP contribution in [0.2, 0.25) is 0 Å². The molecule has 1 aromatic carbocycles. The molecule has 3 aromatic rings. The van der Waals surface area contributed by atoms with Gasteiger partial charge in [0.2, 0.25) is 0 Å². The van der Waals surface area contributed by atoms with E-state index in [0.29, 0.717) is 30.7 Å². The maximum atomic E-state index is 15.2. The molecule has 2 aromatic heterocycles. The summed E-state index contributed by atoms with van der Waals surface area (Å²) in [6.45, 7) is 1.46. The molecular weight excluding hydrogens is 466 g/mol. The summed E-state index contributed by atoms with van der Waals surface area (Å²) in [5.41, 5.74) is -3.48. The second-order valence-electron chi connectivity index (χ2n) is 7.72. The molecule has 1 amide bonds. The van der Waals surface area contributed by atoms with Crippen molar-refractivity contribution in [3.8, 4) is 0 Å². The van der Waals surface area contributed by atoms with E-state index in [1.165, 1.54) is 23.0 Å². The number of nitrogens with one attached hydrogen (secondary N) is 1. The number of aromatic nitrogens is 3. The van der Waals surface area contributed by atoms with E-state index in [4.69, 9.17) is 4.74 Å². The van der Waals surface area contributed by atoms with Crippen molar-refractivity contribution < 1.29 is 35.9 Å². The van der Waals surface area contributed by atoms with Gasteiger partial charge < -0.3 is 10.1 Å². The van der Waals surface area contributed by atoms with Gasteiger partial charge in [0.15, 0.2) is 23.6 Å². The summed E-state index contributed by atoms with van der Waals surface area (Å²) in [7, 11) is 0. The minimum absolute atomic E-state index is 0.0402. The number of carbonyl (C=O) groups is 1. The molecule has 1 atom stereocenters. The van der Waals surface area contributed by atoms with Crippen LogP contribution in [0.4, 0.5) is 32.0 Å². The normalized spacial score (nSPS) is 17.3. The minimum Gasteiger partial charge on any atom is -0.356 e. The number of hydrogen-bond acceptors (Lipinski definition) is 4. The average molecular weight is 484 g/mol. The lowest BCUT2D eigenvalue weighted by Gasteiger charge is -2.23. The molecule has 1 aliphatic rings. The van der Waals surface area contributed by atoms with Gasteiger partial charge in [0.05, 0.1) is 18.1 Å². The number of halogens is 6. The molecule has 1 fully saturated rings. The van der Waals surface area contributed by atoms with Gasteiger partial charge in [0.1, 0.15) is 11.3 Å². The van der Waals surface area contributed by atoms with Crippen LogP contribution in [0.5, 0.6) is 0 Å². The quantitative estimate of drug-likeness (QED) is 0.382. The highest BCUT2D eigenvalue weighted by Gasteiger charge is 2.37. The third kappa shape index (κ3) is 4.49. The Morgan fingerprint density at radius 3 is 2.68 bits per heavy atom. The van der Waals surface area contributed by atoms with Crippen LogP contribution >= 0.6 is 0 Å². The lowest BCUT2D eigenvalue weighted by Crippen LogP contribution is -2.20. The zero-order chi connectivity index (χ0) is 24.6. The number of benzene rings is 1. The highest BCUT2D eigenvalue weighted by Crippen LogP contribution is 2.36. The molecule has 0 saturated carbocycles. The summed E-state index contributed by atoms with van der Waals surface area (Å²) in [5, 5.41) is 6.27. The Hall–Kier alpha value is -3.41. The third-order valence-corrected chi connectivity index (χ3v) is 5.44. The lowest BCUT2D eigenvalue weighted by molar-refractivity contribution is -0.140. The fraction of sp³-hybridized carbons (Fsp3) is 0.318. The van der Waals surface area contributed by atoms with E-state index in [1.54, 1.807) is 5.32 Å². The van der Waals surface area contributed by atoms with Crippen LogP contribution < -0.4 is 5.32 Å². The van der Waals surface area contributed by atoms with Crippen molar-refractivity contribution in [3.63, 3.8) is 0 Å². The molecule has 4 rings (SSSR count). The van der Waals surface area contributed by atoms with Gasteiger partial charge in [-0.15, -0.1) is 0 Å². The number of hydrogen-bond donors (Lipinski definition) is 1. The highest BCUT2D eigenvalue weighted by molar-refractivity contribution is 6.06. The molecule has 1 unspecified atom stereocenters. The third-order valence-electron chi connectivity index (χ3n) is 5.44. The Morgan fingerprint density at radius 2 is 2.00 bits per heavy atom. The van der Waals surface area contributed by atoms with Gasteiger partial charge in [-0.25, -0.2) is 22.8 Å². The molecule has 180 valence electrons. The average Bonchev–Trinajstić information content (AvgIpc) is 3.23. The molecule has 1 saturated heterocycles. The second kappa shape index (κ2) is 9.09. The van der Waals surface area contributed by atoms with Crippen molar-refractivity contribution in [1.29, 1.82) is 0 Å². The first kappa shape index (κ1) is 23.7. The molecule has 0 spiro atoms. The zero-order valence-electron chi connectivity index (χ0n) is 17.7. The number of carbonyl (C=O) groups excluding carboxylic acids is 1. The van der Waals surface area contributed by atoms with Gasteiger partial charge in [-0.1, -0.05) is 12.1 Å². The Labute approximate surface area is 189 Å². The standard InChI is InChI=1S/C22H18F6N4O2/c1-11-15(24)10-29-20(22(26,27)28)18(11)31-21(33)14(23)8-12-5-6-13-9-30-32(19(13)17(12)25)16-4-2-3-7-34-16/h5-6,8-10,16H,2-4,7H2,1H3,(H,31,33)/b14-8-. The van der Waals surface area contributed by atoms with E-state index in [-0.39, 0.29) is 11.1 Å². The fourth-order valence-corrected chi connectivity index (χ4v) is 3.68. The summed E-state index contributed by atoms with van der Waals surface area (Å²) in [6, 6.07) is 2.67. The lowest BCUT2D eigenvalue weighted by atomic mass is 10.1.